The Kier molecular flexibility index (Phi) is 6.15. The number of nitrogens with zero attached hydrogens (tertiary/aromatic N) is 1. The summed E-state index contributed by atoms with van der Waals surface area (Å²) in [5.41, 5.74) is 3.44. The second-order valence-corrected chi connectivity index (χ2v) is 7.61. The van der Waals surface area contributed by atoms with Crippen LogP contribution in [0.25, 0.3) is 0 Å². The lowest BCUT2D eigenvalue weighted by Gasteiger charge is -2.39. The van der Waals surface area contributed by atoms with Gasteiger partial charge >= 0.3 is 0 Å². The highest BCUT2D eigenvalue weighted by atomic mass is 19.1. The predicted molar refractivity (Wildman–Crippen MR) is 113 cm³/mol. The third kappa shape index (κ3) is 4.67. The van der Waals surface area contributed by atoms with E-state index < -0.39 is 0 Å². The Morgan fingerprint density at radius 1 is 0.857 bits per heavy atom. The molecule has 1 N–H and O–H groups in total. The van der Waals surface area contributed by atoms with Crippen LogP contribution in [-0.2, 0) is 13.1 Å². The lowest BCUT2D eigenvalue weighted by atomic mass is 9.85. The van der Waals surface area contributed by atoms with Gasteiger partial charge in [-0.1, -0.05) is 78.9 Å². The Bertz CT molecular complexity index is 866. The van der Waals surface area contributed by atoms with Crippen molar-refractivity contribution in [3.8, 4) is 0 Å². The van der Waals surface area contributed by atoms with Crippen molar-refractivity contribution in [1.82, 2.24) is 10.2 Å². The first-order valence-electron chi connectivity index (χ1n) is 10.1. The lowest BCUT2D eigenvalue weighted by molar-refractivity contribution is 0.166. The third-order valence-electron chi connectivity index (χ3n) is 5.69. The molecule has 144 valence electrons. The van der Waals surface area contributed by atoms with E-state index in [2.05, 4.69) is 70.9 Å². The molecule has 1 aliphatic rings. The molecule has 1 aliphatic heterocycles. The van der Waals surface area contributed by atoms with Gasteiger partial charge in [0.25, 0.3) is 0 Å². The molecule has 0 unspecified atom stereocenters. The van der Waals surface area contributed by atoms with E-state index >= 15 is 0 Å². The molecule has 2 nitrogen and oxygen atoms in total. The van der Waals surface area contributed by atoms with Crippen molar-refractivity contribution in [2.45, 2.75) is 31.5 Å². The fourth-order valence-electron chi connectivity index (χ4n) is 4.17. The molecule has 1 heterocycles. The average molecular weight is 375 g/mol. The van der Waals surface area contributed by atoms with E-state index in [-0.39, 0.29) is 5.82 Å². The zero-order valence-electron chi connectivity index (χ0n) is 16.1. The standard InChI is InChI=1S/C25H27FN2/c26-24-14-8-7-13-22(24)17-27-25-15-16-28(18-20-9-3-1-4-10-20)19-23(25)21-11-5-2-6-12-21/h1-14,23,25,27H,15-19H2/t23-,25+/m1/s1. The van der Waals surface area contributed by atoms with Crippen molar-refractivity contribution in [3.63, 3.8) is 0 Å². The summed E-state index contributed by atoms with van der Waals surface area (Å²) in [6.07, 6.45) is 1.06. The number of halogens is 1. The molecule has 0 spiro atoms. The van der Waals surface area contributed by atoms with Gasteiger partial charge < -0.3 is 5.32 Å². The van der Waals surface area contributed by atoms with Crippen molar-refractivity contribution in [2.75, 3.05) is 13.1 Å². The van der Waals surface area contributed by atoms with Crippen LogP contribution in [-0.4, -0.2) is 24.0 Å². The van der Waals surface area contributed by atoms with E-state index in [9.17, 15) is 4.39 Å². The van der Waals surface area contributed by atoms with Crippen LogP contribution < -0.4 is 5.32 Å². The summed E-state index contributed by atoms with van der Waals surface area (Å²) in [5.74, 6) is 0.262. The number of rotatable bonds is 6. The summed E-state index contributed by atoms with van der Waals surface area (Å²) in [7, 11) is 0. The molecule has 0 aromatic heterocycles. The van der Waals surface area contributed by atoms with Crippen LogP contribution in [0.1, 0.15) is 29.0 Å². The summed E-state index contributed by atoms with van der Waals surface area (Å²) in [4.78, 5) is 2.54. The minimum atomic E-state index is -0.132. The number of hydrogen-bond donors (Lipinski definition) is 1. The van der Waals surface area contributed by atoms with Crippen molar-refractivity contribution < 1.29 is 4.39 Å². The summed E-state index contributed by atoms with van der Waals surface area (Å²) in [6, 6.07) is 28.8. The quantitative estimate of drug-likeness (QED) is 0.655. The molecule has 0 saturated carbocycles. The van der Waals surface area contributed by atoms with Crippen LogP contribution in [0, 0.1) is 5.82 Å². The maximum Gasteiger partial charge on any atom is 0.127 e. The van der Waals surface area contributed by atoms with Gasteiger partial charge in [0.1, 0.15) is 5.82 Å². The number of likely N-dealkylation sites (tertiary alicyclic amines) is 1. The molecule has 0 amide bonds. The Hall–Kier alpha value is -2.49. The maximum atomic E-state index is 14.0. The largest absolute Gasteiger partial charge is 0.309 e. The van der Waals surface area contributed by atoms with Gasteiger partial charge in [-0.05, 0) is 23.6 Å². The maximum absolute atomic E-state index is 14.0. The molecular weight excluding hydrogens is 347 g/mol. The van der Waals surface area contributed by atoms with Crippen molar-refractivity contribution >= 4 is 0 Å². The molecule has 2 atom stereocenters. The van der Waals surface area contributed by atoms with Gasteiger partial charge in [-0.25, -0.2) is 4.39 Å². The van der Waals surface area contributed by atoms with Crippen LogP contribution in [0.3, 0.4) is 0 Å². The number of hydrogen-bond acceptors (Lipinski definition) is 2. The molecule has 0 bridgehead atoms. The topological polar surface area (TPSA) is 15.3 Å². The van der Waals surface area contributed by atoms with Crippen molar-refractivity contribution in [3.05, 3.63) is 107 Å². The van der Waals surface area contributed by atoms with Gasteiger partial charge in [-0.2, -0.15) is 0 Å². The molecule has 3 heteroatoms. The fraction of sp³-hybridized carbons (Fsp3) is 0.280. The highest BCUT2D eigenvalue weighted by molar-refractivity contribution is 5.24. The van der Waals surface area contributed by atoms with E-state index in [1.54, 1.807) is 6.07 Å². The summed E-state index contributed by atoms with van der Waals surface area (Å²) >= 11 is 0. The Balaban J connectivity index is 1.47. The van der Waals surface area contributed by atoms with E-state index in [1.165, 1.54) is 17.2 Å². The Labute approximate surface area is 167 Å². The highest BCUT2D eigenvalue weighted by Crippen LogP contribution is 2.28. The molecule has 3 aromatic rings. The van der Waals surface area contributed by atoms with Crippen LogP contribution in [0.15, 0.2) is 84.9 Å². The predicted octanol–water partition coefficient (Wildman–Crippen LogP) is 4.97. The monoisotopic (exact) mass is 374 g/mol. The van der Waals surface area contributed by atoms with Crippen molar-refractivity contribution in [2.24, 2.45) is 0 Å². The SMILES string of the molecule is Fc1ccccc1CN[C@H]1CCN(Cc2ccccc2)C[C@@H]1c1ccccc1. The molecule has 0 aliphatic carbocycles. The van der Waals surface area contributed by atoms with E-state index in [0.717, 1.165) is 31.6 Å². The normalized spacial score (nSPS) is 20.2. The van der Waals surface area contributed by atoms with Gasteiger partial charge in [0.15, 0.2) is 0 Å². The van der Waals surface area contributed by atoms with Crippen molar-refractivity contribution in [1.29, 1.82) is 0 Å². The minimum absolute atomic E-state index is 0.132. The number of nitrogens with one attached hydrogen (secondary N) is 1. The van der Waals surface area contributed by atoms with Crippen LogP contribution in [0.5, 0.6) is 0 Å². The third-order valence-corrected chi connectivity index (χ3v) is 5.69. The zero-order valence-corrected chi connectivity index (χ0v) is 16.1. The molecule has 0 radical (unpaired) electrons. The zero-order chi connectivity index (χ0) is 19.2. The molecule has 1 saturated heterocycles. The summed E-state index contributed by atoms with van der Waals surface area (Å²) in [5, 5.41) is 3.65. The van der Waals surface area contributed by atoms with Crippen LogP contribution in [0.4, 0.5) is 4.39 Å². The minimum Gasteiger partial charge on any atom is -0.309 e. The second-order valence-electron chi connectivity index (χ2n) is 7.61. The molecular formula is C25H27FN2. The van der Waals surface area contributed by atoms with Gasteiger partial charge in [0.2, 0.25) is 0 Å². The lowest BCUT2D eigenvalue weighted by Crippen LogP contribution is -2.47. The Morgan fingerprint density at radius 2 is 1.54 bits per heavy atom. The Morgan fingerprint density at radius 3 is 2.29 bits per heavy atom. The molecule has 3 aromatic carbocycles. The van der Waals surface area contributed by atoms with Crippen LogP contribution >= 0.6 is 0 Å². The average Bonchev–Trinajstić information content (AvgIpc) is 2.75. The number of benzene rings is 3. The fourth-order valence-corrected chi connectivity index (χ4v) is 4.17. The van der Waals surface area contributed by atoms with Crippen LogP contribution in [0.2, 0.25) is 0 Å². The van der Waals surface area contributed by atoms with E-state index in [4.69, 9.17) is 0 Å². The van der Waals surface area contributed by atoms with Gasteiger partial charge in [-0.15, -0.1) is 0 Å². The first kappa shape index (κ1) is 18.9. The second kappa shape index (κ2) is 9.13. The molecule has 28 heavy (non-hydrogen) atoms. The smallest absolute Gasteiger partial charge is 0.127 e. The highest BCUT2D eigenvalue weighted by Gasteiger charge is 2.30. The van der Waals surface area contributed by atoms with E-state index in [1.807, 2.05) is 12.1 Å². The molecule has 1 fully saturated rings. The first-order chi connectivity index (χ1) is 13.8. The molecule has 4 rings (SSSR count). The first-order valence-corrected chi connectivity index (χ1v) is 10.1. The van der Waals surface area contributed by atoms with Gasteiger partial charge in [-0.3, -0.25) is 4.90 Å². The van der Waals surface area contributed by atoms with Gasteiger partial charge in [0, 0.05) is 43.7 Å². The van der Waals surface area contributed by atoms with E-state index in [0.29, 0.717) is 18.5 Å². The summed E-state index contributed by atoms with van der Waals surface area (Å²) in [6.45, 7) is 3.60. The summed E-state index contributed by atoms with van der Waals surface area (Å²) < 4.78 is 14.0. The van der Waals surface area contributed by atoms with Gasteiger partial charge in [0.05, 0.1) is 0 Å². The number of piperidine rings is 1.